The van der Waals surface area contributed by atoms with Crippen molar-refractivity contribution in [3.63, 3.8) is 0 Å². The van der Waals surface area contributed by atoms with Gasteiger partial charge in [0.05, 0.1) is 7.11 Å². The van der Waals surface area contributed by atoms with E-state index in [1.165, 1.54) is 7.11 Å². The van der Waals surface area contributed by atoms with E-state index in [2.05, 4.69) is 5.32 Å². The van der Waals surface area contributed by atoms with Crippen molar-refractivity contribution in [2.45, 2.75) is 12.5 Å². The minimum atomic E-state index is -0.802. The van der Waals surface area contributed by atoms with E-state index >= 15 is 0 Å². The van der Waals surface area contributed by atoms with Gasteiger partial charge in [0.25, 0.3) is 0 Å². The van der Waals surface area contributed by atoms with Crippen molar-refractivity contribution in [1.82, 2.24) is 5.32 Å². The highest BCUT2D eigenvalue weighted by atomic mass is 16.6. The first-order chi connectivity index (χ1) is 10.7. The van der Waals surface area contributed by atoms with Crippen LogP contribution in [0.2, 0.25) is 0 Å². The number of hydrogen-bond donors (Lipinski definition) is 1. The minimum absolute atomic E-state index is 0.331. The topological polar surface area (TPSA) is 64.6 Å². The SMILES string of the molecule is COC(=O)C(Cc1ccccc1)NC(=O)Oc1ccccc1. The molecular weight excluding hydrogens is 282 g/mol. The zero-order valence-corrected chi connectivity index (χ0v) is 12.2. The molecule has 1 unspecified atom stereocenters. The third-order valence-corrected chi connectivity index (χ3v) is 3.01. The summed E-state index contributed by atoms with van der Waals surface area (Å²) in [6, 6.07) is 17.2. The molecule has 5 nitrogen and oxygen atoms in total. The van der Waals surface area contributed by atoms with Crippen LogP contribution in [0.1, 0.15) is 5.56 Å². The highest BCUT2D eigenvalue weighted by Gasteiger charge is 2.22. The molecular formula is C17H17NO4. The van der Waals surface area contributed by atoms with E-state index in [1.54, 1.807) is 24.3 Å². The number of benzene rings is 2. The van der Waals surface area contributed by atoms with Gasteiger partial charge in [-0.05, 0) is 17.7 Å². The fourth-order valence-electron chi connectivity index (χ4n) is 1.95. The lowest BCUT2D eigenvalue weighted by Gasteiger charge is -2.16. The standard InChI is InChI=1S/C17H17NO4/c1-21-16(19)15(12-13-8-4-2-5-9-13)18-17(20)22-14-10-6-3-7-11-14/h2-11,15H,12H2,1H3,(H,18,20). The molecule has 1 atom stereocenters. The molecule has 0 aromatic heterocycles. The maximum absolute atomic E-state index is 11.9. The summed E-state index contributed by atoms with van der Waals surface area (Å²) in [5, 5.41) is 2.53. The Balaban J connectivity index is 2.00. The predicted octanol–water partition coefficient (Wildman–Crippen LogP) is 2.56. The van der Waals surface area contributed by atoms with Gasteiger partial charge in [-0.2, -0.15) is 0 Å². The average molecular weight is 299 g/mol. The molecule has 0 spiro atoms. The molecule has 1 amide bonds. The van der Waals surface area contributed by atoms with Gasteiger partial charge in [0.1, 0.15) is 11.8 Å². The normalized spacial score (nSPS) is 11.3. The maximum Gasteiger partial charge on any atom is 0.413 e. The zero-order chi connectivity index (χ0) is 15.8. The molecule has 0 bridgehead atoms. The summed E-state index contributed by atoms with van der Waals surface area (Å²) in [4.78, 5) is 23.7. The van der Waals surface area contributed by atoms with Gasteiger partial charge < -0.3 is 14.8 Å². The Hall–Kier alpha value is -2.82. The quantitative estimate of drug-likeness (QED) is 0.862. The minimum Gasteiger partial charge on any atom is -0.467 e. The van der Waals surface area contributed by atoms with Crippen LogP contribution in [0.15, 0.2) is 60.7 Å². The molecule has 2 aromatic rings. The van der Waals surface area contributed by atoms with Crippen LogP contribution in [0, 0.1) is 0 Å². The van der Waals surface area contributed by atoms with Crippen molar-refractivity contribution in [2.24, 2.45) is 0 Å². The van der Waals surface area contributed by atoms with Crippen LogP contribution >= 0.6 is 0 Å². The van der Waals surface area contributed by atoms with Crippen molar-refractivity contribution in [3.05, 3.63) is 66.2 Å². The van der Waals surface area contributed by atoms with Crippen LogP contribution in [0.5, 0.6) is 5.75 Å². The van der Waals surface area contributed by atoms with Crippen LogP contribution in [0.25, 0.3) is 0 Å². The Bertz CT molecular complexity index is 613. The van der Waals surface area contributed by atoms with E-state index in [0.29, 0.717) is 12.2 Å². The lowest BCUT2D eigenvalue weighted by atomic mass is 10.1. The number of ether oxygens (including phenoxy) is 2. The van der Waals surface area contributed by atoms with Gasteiger partial charge in [-0.1, -0.05) is 48.5 Å². The molecule has 0 aliphatic carbocycles. The number of amides is 1. The highest BCUT2D eigenvalue weighted by molar-refractivity contribution is 5.82. The highest BCUT2D eigenvalue weighted by Crippen LogP contribution is 2.09. The average Bonchev–Trinajstić information content (AvgIpc) is 2.55. The molecule has 0 fully saturated rings. The number of carbonyl (C=O) groups excluding carboxylic acids is 2. The van der Waals surface area contributed by atoms with Crippen molar-refractivity contribution in [1.29, 1.82) is 0 Å². The second-order valence-corrected chi connectivity index (χ2v) is 4.61. The summed E-state index contributed by atoms with van der Waals surface area (Å²) in [7, 11) is 1.28. The van der Waals surface area contributed by atoms with Gasteiger partial charge in [-0.25, -0.2) is 9.59 Å². The Morgan fingerprint density at radius 2 is 1.59 bits per heavy atom. The molecule has 5 heteroatoms. The third kappa shape index (κ3) is 4.63. The lowest BCUT2D eigenvalue weighted by Crippen LogP contribution is -2.44. The summed E-state index contributed by atoms with van der Waals surface area (Å²) in [5.74, 6) is -0.114. The Labute approximate surface area is 128 Å². The van der Waals surface area contributed by atoms with Gasteiger partial charge >= 0.3 is 12.1 Å². The largest absolute Gasteiger partial charge is 0.467 e. The summed E-state index contributed by atoms with van der Waals surface area (Å²) in [6.07, 6.45) is -0.366. The maximum atomic E-state index is 11.9. The van der Waals surface area contributed by atoms with Crippen LogP contribution < -0.4 is 10.1 Å². The number of methoxy groups -OCH3 is 1. The summed E-state index contributed by atoms with van der Waals surface area (Å²) in [6.45, 7) is 0. The van der Waals surface area contributed by atoms with Crippen molar-refractivity contribution in [3.8, 4) is 5.75 Å². The monoisotopic (exact) mass is 299 g/mol. The molecule has 22 heavy (non-hydrogen) atoms. The second-order valence-electron chi connectivity index (χ2n) is 4.61. The smallest absolute Gasteiger partial charge is 0.413 e. The fourth-order valence-corrected chi connectivity index (χ4v) is 1.95. The van der Waals surface area contributed by atoms with Crippen molar-refractivity contribution >= 4 is 12.1 Å². The molecule has 114 valence electrons. The first kappa shape index (κ1) is 15.6. The summed E-state index contributed by atoms with van der Waals surface area (Å²) < 4.78 is 9.85. The third-order valence-electron chi connectivity index (χ3n) is 3.01. The number of carbonyl (C=O) groups is 2. The summed E-state index contributed by atoms with van der Waals surface area (Å²) in [5.41, 5.74) is 0.915. The van der Waals surface area contributed by atoms with Crippen LogP contribution in [0.4, 0.5) is 4.79 Å². The van der Waals surface area contributed by atoms with E-state index < -0.39 is 18.1 Å². The van der Waals surface area contributed by atoms with E-state index in [4.69, 9.17) is 9.47 Å². The molecule has 0 aliphatic heterocycles. The molecule has 2 rings (SSSR count). The number of esters is 1. The molecule has 0 radical (unpaired) electrons. The van der Waals surface area contributed by atoms with E-state index in [0.717, 1.165) is 5.56 Å². The van der Waals surface area contributed by atoms with Gasteiger partial charge in [-0.3, -0.25) is 0 Å². The molecule has 1 N–H and O–H groups in total. The van der Waals surface area contributed by atoms with E-state index in [9.17, 15) is 9.59 Å². The van der Waals surface area contributed by atoms with E-state index in [1.807, 2.05) is 36.4 Å². The van der Waals surface area contributed by atoms with E-state index in [-0.39, 0.29) is 0 Å². The van der Waals surface area contributed by atoms with Gasteiger partial charge in [0.2, 0.25) is 0 Å². The Kier molecular flexibility index (Phi) is 5.54. The first-order valence-corrected chi connectivity index (χ1v) is 6.84. The van der Waals surface area contributed by atoms with Crippen molar-refractivity contribution < 1.29 is 19.1 Å². The zero-order valence-electron chi connectivity index (χ0n) is 12.2. The van der Waals surface area contributed by atoms with Crippen LogP contribution in [0.3, 0.4) is 0 Å². The first-order valence-electron chi connectivity index (χ1n) is 6.84. The lowest BCUT2D eigenvalue weighted by molar-refractivity contribution is -0.142. The predicted molar refractivity (Wildman–Crippen MR) is 81.6 cm³/mol. The number of rotatable bonds is 5. The van der Waals surface area contributed by atoms with Crippen LogP contribution in [-0.2, 0) is 16.0 Å². The van der Waals surface area contributed by atoms with Gasteiger partial charge in [-0.15, -0.1) is 0 Å². The Morgan fingerprint density at radius 1 is 1.00 bits per heavy atom. The molecule has 0 aliphatic rings. The second kappa shape index (κ2) is 7.83. The molecule has 0 heterocycles. The number of para-hydroxylation sites is 1. The molecule has 0 saturated heterocycles. The van der Waals surface area contributed by atoms with Crippen LogP contribution in [-0.4, -0.2) is 25.2 Å². The van der Waals surface area contributed by atoms with Gasteiger partial charge in [0, 0.05) is 6.42 Å². The number of hydrogen-bond acceptors (Lipinski definition) is 4. The Morgan fingerprint density at radius 3 is 2.18 bits per heavy atom. The summed E-state index contributed by atoms with van der Waals surface area (Å²) >= 11 is 0. The molecule has 2 aromatic carbocycles. The molecule has 0 saturated carbocycles. The van der Waals surface area contributed by atoms with Gasteiger partial charge in [0.15, 0.2) is 0 Å². The van der Waals surface area contributed by atoms with Crippen molar-refractivity contribution in [2.75, 3.05) is 7.11 Å². The fraction of sp³-hybridized carbons (Fsp3) is 0.176. The number of nitrogens with one attached hydrogen (secondary N) is 1.